The molecule has 1 saturated heterocycles. The van der Waals surface area contributed by atoms with Crippen molar-refractivity contribution in [3.63, 3.8) is 0 Å². The van der Waals surface area contributed by atoms with Crippen LogP contribution in [0.15, 0.2) is 24.3 Å². The standard InChI is InChI=1S/C26H36N4O8S/c1-15-27-21(29-39-15)28-22(31)36-20-18(13-16-9-11-17(34-8)12-10-16)30(23(32)37-25(2,3)4)14-19(20)35-24(33)38-26(5,6)7/h9-12,18-20H,13-14H2,1-8H3,(H,28,29,31)/t18-,19+,20+/m1/s1. The monoisotopic (exact) mass is 564 g/mol. The van der Waals surface area contributed by atoms with Crippen LogP contribution < -0.4 is 10.1 Å². The quantitative estimate of drug-likeness (QED) is 0.378. The van der Waals surface area contributed by atoms with E-state index in [1.165, 1.54) is 4.90 Å². The zero-order valence-corrected chi connectivity index (χ0v) is 24.3. The zero-order chi connectivity index (χ0) is 29.0. The lowest BCUT2D eigenvalue weighted by Crippen LogP contribution is -2.45. The molecular weight excluding hydrogens is 528 g/mol. The number of likely N-dealkylation sites (tertiary alicyclic amines) is 1. The van der Waals surface area contributed by atoms with E-state index in [-0.39, 0.29) is 18.9 Å². The number of aromatic nitrogens is 2. The fourth-order valence-electron chi connectivity index (χ4n) is 3.87. The second kappa shape index (κ2) is 12.1. The Morgan fingerprint density at radius 1 is 1.03 bits per heavy atom. The molecule has 39 heavy (non-hydrogen) atoms. The van der Waals surface area contributed by atoms with E-state index in [1.54, 1.807) is 67.7 Å². The molecule has 0 aliphatic carbocycles. The fraction of sp³-hybridized carbons (Fsp3) is 0.577. The van der Waals surface area contributed by atoms with Gasteiger partial charge in [0, 0.05) is 0 Å². The second-order valence-corrected chi connectivity index (χ2v) is 12.0. The summed E-state index contributed by atoms with van der Waals surface area (Å²) in [5, 5.41) is 3.15. The van der Waals surface area contributed by atoms with E-state index < -0.39 is 47.8 Å². The third-order valence-electron chi connectivity index (χ3n) is 5.38. The summed E-state index contributed by atoms with van der Waals surface area (Å²) in [6.45, 7) is 12.0. The maximum absolute atomic E-state index is 13.3. The molecule has 1 N–H and O–H groups in total. The number of hydrogen-bond acceptors (Lipinski definition) is 11. The number of anilines is 1. The van der Waals surface area contributed by atoms with Gasteiger partial charge in [0.25, 0.3) is 0 Å². The van der Waals surface area contributed by atoms with Crippen molar-refractivity contribution >= 4 is 35.8 Å². The summed E-state index contributed by atoms with van der Waals surface area (Å²) in [6.07, 6.45) is -4.28. The van der Waals surface area contributed by atoms with Crippen LogP contribution in [0.3, 0.4) is 0 Å². The van der Waals surface area contributed by atoms with Crippen LogP contribution in [0.4, 0.5) is 20.3 Å². The minimum Gasteiger partial charge on any atom is -0.497 e. The van der Waals surface area contributed by atoms with Crippen LogP contribution in [0.2, 0.25) is 0 Å². The molecule has 0 saturated carbocycles. The zero-order valence-electron chi connectivity index (χ0n) is 23.5. The maximum Gasteiger partial charge on any atom is 0.509 e. The minimum absolute atomic E-state index is 0.0824. The van der Waals surface area contributed by atoms with Gasteiger partial charge in [0.1, 0.15) is 22.0 Å². The molecule has 2 heterocycles. The van der Waals surface area contributed by atoms with Gasteiger partial charge in [0.2, 0.25) is 5.95 Å². The number of carbonyl (C=O) groups excluding carboxylic acids is 3. The highest BCUT2D eigenvalue weighted by Gasteiger charge is 2.50. The van der Waals surface area contributed by atoms with Crippen molar-refractivity contribution in [2.45, 2.75) is 84.3 Å². The van der Waals surface area contributed by atoms with Crippen molar-refractivity contribution in [2.75, 3.05) is 19.0 Å². The Bertz CT molecular complexity index is 1160. The first-order chi connectivity index (χ1) is 18.1. The van der Waals surface area contributed by atoms with E-state index in [9.17, 15) is 14.4 Å². The first-order valence-electron chi connectivity index (χ1n) is 12.4. The smallest absolute Gasteiger partial charge is 0.497 e. The first kappa shape index (κ1) is 29.9. The Morgan fingerprint density at radius 2 is 1.67 bits per heavy atom. The lowest BCUT2D eigenvalue weighted by molar-refractivity contribution is -0.0503. The molecule has 1 aliphatic heterocycles. The number of nitrogens with one attached hydrogen (secondary N) is 1. The predicted molar refractivity (Wildman–Crippen MR) is 143 cm³/mol. The molecule has 13 heteroatoms. The highest BCUT2D eigenvalue weighted by atomic mass is 32.1. The fourth-order valence-corrected chi connectivity index (χ4v) is 4.30. The lowest BCUT2D eigenvalue weighted by atomic mass is 10.0. The summed E-state index contributed by atoms with van der Waals surface area (Å²) in [7, 11) is 1.57. The Balaban J connectivity index is 1.93. The van der Waals surface area contributed by atoms with Crippen LogP contribution in [-0.4, -0.2) is 75.7 Å². The minimum atomic E-state index is -1.06. The number of amides is 2. The molecule has 0 radical (unpaired) electrons. The third-order valence-corrected chi connectivity index (χ3v) is 6.00. The number of ether oxygens (including phenoxy) is 5. The number of benzene rings is 1. The summed E-state index contributed by atoms with van der Waals surface area (Å²) in [6, 6.07) is 6.52. The molecule has 2 aromatic rings. The summed E-state index contributed by atoms with van der Waals surface area (Å²) in [5.41, 5.74) is -0.767. The number of nitrogens with zero attached hydrogens (tertiary/aromatic N) is 3. The Labute approximate surface area is 232 Å². The number of hydrogen-bond donors (Lipinski definition) is 1. The number of rotatable bonds is 6. The Kier molecular flexibility index (Phi) is 9.26. The molecule has 3 rings (SSSR count). The van der Waals surface area contributed by atoms with Gasteiger partial charge in [0.15, 0.2) is 12.2 Å². The van der Waals surface area contributed by atoms with Crippen LogP contribution in [0.1, 0.15) is 52.1 Å². The van der Waals surface area contributed by atoms with E-state index in [0.29, 0.717) is 10.8 Å². The van der Waals surface area contributed by atoms with Crippen LogP contribution in [0.25, 0.3) is 0 Å². The average Bonchev–Trinajstić information content (AvgIpc) is 3.35. The highest BCUT2D eigenvalue weighted by Crippen LogP contribution is 2.30. The number of methoxy groups -OCH3 is 1. The van der Waals surface area contributed by atoms with Crippen molar-refractivity contribution in [2.24, 2.45) is 0 Å². The van der Waals surface area contributed by atoms with Crippen LogP contribution >= 0.6 is 11.5 Å². The Hall–Kier alpha value is -3.61. The van der Waals surface area contributed by atoms with Gasteiger partial charge in [-0.3, -0.25) is 10.2 Å². The molecule has 3 atom stereocenters. The van der Waals surface area contributed by atoms with Gasteiger partial charge >= 0.3 is 18.3 Å². The molecular formula is C26H36N4O8S. The van der Waals surface area contributed by atoms with Crippen LogP contribution in [0, 0.1) is 6.92 Å². The summed E-state index contributed by atoms with van der Waals surface area (Å²) in [4.78, 5) is 44.3. The van der Waals surface area contributed by atoms with E-state index in [0.717, 1.165) is 17.1 Å². The molecule has 1 aromatic heterocycles. The predicted octanol–water partition coefficient (Wildman–Crippen LogP) is 4.95. The van der Waals surface area contributed by atoms with Gasteiger partial charge in [0.05, 0.1) is 19.7 Å². The van der Waals surface area contributed by atoms with Crippen LogP contribution in [0.5, 0.6) is 5.75 Å². The number of aryl methyl sites for hydroxylation is 1. The summed E-state index contributed by atoms with van der Waals surface area (Å²) >= 11 is 1.12. The van der Waals surface area contributed by atoms with Gasteiger partial charge in [-0.05, 0) is 84.1 Å². The lowest BCUT2D eigenvalue weighted by Gasteiger charge is -2.30. The summed E-state index contributed by atoms with van der Waals surface area (Å²) < 4.78 is 31.6. The average molecular weight is 565 g/mol. The van der Waals surface area contributed by atoms with Crippen molar-refractivity contribution in [1.82, 2.24) is 14.3 Å². The summed E-state index contributed by atoms with van der Waals surface area (Å²) in [5.74, 6) is 0.749. The number of carbonyl (C=O) groups is 3. The molecule has 1 aliphatic rings. The van der Waals surface area contributed by atoms with Gasteiger partial charge in [-0.25, -0.2) is 19.4 Å². The normalized spacial score (nSPS) is 19.3. The molecule has 0 spiro atoms. The molecule has 1 fully saturated rings. The maximum atomic E-state index is 13.3. The third kappa shape index (κ3) is 8.98. The molecule has 12 nitrogen and oxygen atoms in total. The van der Waals surface area contributed by atoms with Gasteiger partial charge in [-0.2, -0.15) is 4.37 Å². The largest absolute Gasteiger partial charge is 0.509 e. The second-order valence-electron chi connectivity index (χ2n) is 11.0. The van der Waals surface area contributed by atoms with Crippen LogP contribution in [-0.2, 0) is 25.4 Å². The topological polar surface area (TPSA) is 138 Å². The Morgan fingerprint density at radius 3 is 2.21 bits per heavy atom. The van der Waals surface area contributed by atoms with E-state index in [1.807, 2.05) is 12.1 Å². The van der Waals surface area contributed by atoms with Crippen molar-refractivity contribution < 1.29 is 38.1 Å². The van der Waals surface area contributed by atoms with Gasteiger partial charge in [-0.1, -0.05) is 12.1 Å². The van der Waals surface area contributed by atoms with E-state index in [4.69, 9.17) is 23.7 Å². The van der Waals surface area contributed by atoms with Crippen molar-refractivity contribution in [3.8, 4) is 5.75 Å². The van der Waals surface area contributed by atoms with E-state index in [2.05, 4.69) is 14.7 Å². The molecule has 2 amide bonds. The molecule has 0 unspecified atom stereocenters. The van der Waals surface area contributed by atoms with Crippen molar-refractivity contribution in [1.29, 1.82) is 0 Å². The first-order valence-corrected chi connectivity index (χ1v) is 13.2. The van der Waals surface area contributed by atoms with Crippen molar-refractivity contribution in [3.05, 3.63) is 34.8 Å². The van der Waals surface area contributed by atoms with E-state index >= 15 is 0 Å². The van der Waals surface area contributed by atoms with Gasteiger partial charge < -0.3 is 23.7 Å². The molecule has 214 valence electrons. The highest BCUT2D eigenvalue weighted by molar-refractivity contribution is 7.05. The molecule has 1 aromatic carbocycles. The molecule has 0 bridgehead atoms. The van der Waals surface area contributed by atoms with Gasteiger partial charge in [-0.15, -0.1) is 0 Å². The SMILES string of the molecule is COc1ccc(C[C@@H]2[C@H](OC(=O)Nc3nsc(C)n3)[C@@H](OC(=O)OC(C)(C)C)CN2C(=O)OC(C)(C)C)cc1.